The molecule has 1 atom stereocenters. The van der Waals surface area contributed by atoms with E-state index in [1.165, 1.54) is 0 Å². The van der Waals surface area contributed by atoms with Gasteiger partial charge in [0, 0.05) is 22.4 Å². The highest BCUT2D eigenvalue weighted by atomic mass is 35.5. The highest BCUT2D eigenvalue weighted by Crippen LogP contribution is 2.38. The maximum absolute atomic E-state index is 12.6. The van der Waals surface area contributed by atoms with Crippen LogP contribution in [-0.2, 0) is 15.3 Å². The van der Waals surface area contributed by atoms with Crippen LogP contribution >= 0.6 is 23.4 Å². The highest BCUT2D eigenvalue weighted by Gasteiger charge is 2.31. The first kappa shape index (κ1) is 19.6. The van der Waals surface area contributed by atoms with Crippen LogP contribution < -0.4 is 4.74 Å². The van der Waals surface area contributed by atoms with Crippen molar-refractivity contribution in [3.8, 4) is 5.75 Å². The molecule has 5 nitrogen and oxygen atoms in total. The van der Waals surface area contributed by atoms with Gasteiger partial charge in [0.25, 0.3) is 0 Å². The third-order valence-corrected chi connectivity index (χ3v) is 5.95. The molecule has 1 aliphatic heterocycles. The minimum absolute atomic E-state index is 0.165. The van der Waals surface area contributed by atoms with Crippen molar-refractivity contribution in [3.05, 3.63) is 64.7 Å². The van der Waals surface area contributed by atoms with E-state index in [2.05, 4.69) is 0 Å². The zero-order valence-corrected chi connectivity index (χ0v) is 16.5. The van der Waals surface area contributed by atoms with Crippen LogP contribution in [0.4, 0.5) is 4.79 Å². The van der Waals surface area contributed by atoms with E-state index >= 15 is 0 Å². The van der Waals surface area contributed by atoms with Crippen LogP contribution in [0.25, 0.3) is 0 Å². The van der Waals surface area contributed by atoms with Crippen LogP contribution in [-0.4, -0.2) is 37.2 Å². The Kier molecular flexibility index (Phi) is 6.63. The van der Waals surface area contributed by atoms with Gasteiger partial charge in [-0.05, 0) is 29.3 Å². The maximum atomic E-state index is 12.6. The fraction of sp³-hybridized carbons (Fsp3) is 0.300. The van der Waals surface area contributed by atoms with Crippen molar-refractivity contribution in [1.82, 2.24) is 4.90 Å². The number of carbonyl (C=O) groups excluding carboxylic acids is 2. The van der Waals surface area contributed by atoms with Gasteiger partial charge in [-0.25, -0.2) is 9.69 Å². The molecule has 27 heavy (non-hydrogen) atoms. The van der Waals surface area contributed by atoms with Gasteiger partial charge in [0.15, 0.2) is 0 Å². The largest absolute Gasteiger partial charge is 0.497 e. The molecule has 2 amide bonds. The molecular weight excluding hydrogens is 386 g/mol. The Morgan fingerprint density at radius 1 is 1.26 bits per heavy atom. The summed E-state index contributed by atoms with van der Waals surface area (Å²) in [7, 11) is 1.63. The number of thioether (sulfide) groups is 1. The quantitative estimate of drug-likeness (QED) is 0.668. The molecule has 3 rings (SSSR count). The Morgan fingerprint density at radius 2 is 2.00 bits per heavy atom. The van der Waals surface area contributed by atoms with E-state index in [1.54, 1.807) is 18.9 Å². The number of rotatable bonds is 7. The first-order valence-electron chi connectivity index (χ1n) is 8.54. The van der Waals surface area contributed by atoms with Crippen molar-refractivity contribution in [1.29, 1.82) is 0 Å². The molecule has 1 aliphatic rings. The topological polar surface area (TPSA) is 55.8 Å². The molecule has 1 heterocycles. The maximum Gasteiger partial charge on any atom is 0.416 e. The number of methoxy groups -OCH3 is 1. The molecule has 2 aromatic rings. The summed E-state index contributed by atoms with van der Waals surface area (Å²) in [6.45, 7) is 0.552. The van der Waals surface area contributed by atoms with Gasteiger partial charge < -0.3 is 9.47 Å². The number of amides is 2. The number of hydrogen-bond acceptors (Lipinski definition) is 5. The molecule has 1 fully saturated rings. The highest BCUT2D eigenvalue weighted by molar-refractivity contribution is 7.98. The van der Waals surface area contributed by atoms with Crippen molar-refractivity contribution >= 4 is 35.4 Å². The van der Waals surface area contributed by atoms with Crippen LogP contribution in [0.1, 0.15) is 22.8 Å². The number of imide groups is 1. The molecule has 0 saturated carbocycles. The van der Waals surface area contributed by atoms with Crippen LogP contribution in [0.3, 0.4) is 0 Å². The van der Waals surface area contributed by atoms with Gasteiger partial charge in [0.05, 0.1) is 13.7 Å². The fourth-order valence-corrected chi connectivity index (χ4v) is 4.37. The number of carbonyl (C=O) groups is 2. The van der Waals surface area contributed by atoms with E-state index < -0.39 is 6.09 Å². The second-order valence-corrected chi connectivity index (χ2v) is 7.63. The Balaban J connectivity index is 1.74. The van der Waals surface area contributed by atoms with Crippen molar-refractivity contribution < 1.29 is 19.1 Å². The Bertz CT molecular complexity index is 812. The number of halogens is 1. The molecular formula is C20H20ClNO4S. The molecule has 7 heteroatoms. The van der Waals surface area contributed by atoms with Gasteiger partial charge >= 0.3 is 6.09 Å². The summed E-state index contributed by atoms with van der Waals surface area (Å²) in [6, 6.07) is 15.3. The first-order valence-corrected chi connectivity index (χ1v) is 9.97. The van der Waals surface area contributed by atoms with E-state index in [4.69, 9.17) is 21.1 Å². The molecule has 0 unspecified atom stereocenters. The van der Waals surface area contributed by atoms with E-state index in [0.29, 0.717) is 17.3 Å². The summed E-state index contributed by atoms with van der Waals surface area (Å²) in [4.78, 5) is 25.4. The summed E-state index contributed by atoms with van der Waals surface area (Å²) < 4.78 is 10.1. The molecule has 142 valence electrons. The minimum atomic E-state index is -0.571. The van der Waals surface area contributed by atoms with Crippen LogP contribution in [0.15, 0.2) is 48.5 Å². The van der Waals surface area contributed by atoms with E-state index in [0.717, 1.165) is 21.8 Å². The van der Waals surface area contributed by atoms with Crippen LogP contribution in [0.5, 0.6) is 5.75 Å². The molecule has 0 aromatic heterocycles. The van der Waals surface area contributed by atoms with Crippen molar-refractivity contribution in [2.24, 2.45) is 0 Å². The number of ether oxygens (including phenoxy) is 2. The average molecular weight is 406 g/mol. The van der Waals surface area contributed by atoms with Gasteiger partial charge in [-0.1, -0.05) is 41.9 Å². The van der Waals surface area contributed by atoms with Crippen molar-refractivity contribution in [3.63, 3.8) is 0 Å². The van der Waals surface area contributed by atoms with Gasteiger partial charge in [-0.15, -0.1) is 11.8 Å². The lowest BCUT2D eigenvalue weighted by molar-refractivity contribution is -0.127. The van der Waals surface area contributed by atoms with Crippen LogP contribution in [0.2, 0.25) is 5.02 Å². The summed E-state index contributed by atoms with van der Waals surface area (Å²) in [5.74, 6) is 1.26. The summed E-state index contributed by atoms with van der Waals surface area (Å²) >= 11 is 7.98. The van der Waals surface area contributed by atoms with Gasteiger partial charge in [-0.3, -0.25) is 4.79 Å². The average Bonchev–Trinajstić information content (AvgIpc) is 3.12. The Labute approximate surface area is 167 Å². The summed E-state index contributed by atoms with van der Waals surface area (Å²) in [5, 5.41) is 0.447. The van der Waals surface area contributed by atoms with Crippen LogP contribution in [0, 0.1) is 0 Å². The second kappa shape index (κ2) is 9.15. The Hall–Kier alpha value is -2.18. The molecule has 0 spiro atoms. The SMILES string of the molecule is COc1ccc(CS[C@H](CC(=O)N2CCOC2=O)c2ccccc2Cl)cc1. The lowest BCUT2D eigenvalue weighted by Crippen LogP contribution is -2.32. The molecule has 0 N–H and O–H groups in total. The second-order valence-electron chi connectivity index (χ2n) is 6.03. The lowest BCUT2D eigenvalue weighted by Gasteiger charge is -2.20. The molecule has 0 radical (unpaired) electrons. The Morgan fingerprint density at radius 3 is 2.63 bits per heavy atom. The third kappa shape index (κ3) is 4.96. The summed E-state index contributed by atoms with van der Waals surface area (Å²) in [6.07, 6.45) is -0.391. The lowest BCUT2D eigenvalue weighted by atomic mass is 10.1. The third-order valence-electron chi connectivity index (χ3n) is 4.28. The van der Waals surface area contributed by atoms with Crippen molar-refractivity contribution in [2.45, 2.75) is 17.4 Å². The van der Waals surface area contributed by atoms with Crippen molar-refractivity contribution in [2.75, 3.05) is 20.3 Å². The number of hydrogen-bond donors (Lipinski definition) is 0. The standard InChI is InChI=1S/C20H20ClNO4S/c1-25-15-8-6-14(7-9-15)13-27-18(16-4-2-3-5-17(16)21)12-19(23)22-10-11-26-20(22)24/h2-9,18H,10-13H2,1H3/t18-/m1/s1. The fourth-order valence-electron chi connectivity index (χ4n) is 2.80. The number of benzene rings is 2. The van der Waals surface area contributed by atoms with Gasteiger partial charge in [0.1, 0.15) is 12.4 Å². The van der Waals surface area contributed by atoms with Gasteiger partial charge in [-0.2, -0.15) is 0 Å². The number of nitrogens with zero attached hydrogens (tertiary/aromatic N) is 1. The predicted molar refractivity (Wildman–Crippen MR) is 106 cm³/mol. The smallest absolute Gasteiger partial charge is 0.416 e. The zero-order valence-electron chi connectivity index (χ0n) is 14.9. The monoisotopic (exact) mass is 405 g/mol. The van der Waals surface area contributed by atoms with E-state index in [9.17, 15) is 9.59 Å². The zero-order chi connectivity index (χ0) is 19.2. The first-order chi connectivity index (χ1) is 13.1. The molecule has 1 saturated heterocycles. The van der Waals surface area contributed by atoms with E-state index in [1.807, 2.05) is 48.5 Å². The molecule has 0 aliphatic carbocycles. The van der Waals surface area contributed by atoms with E-state index in [-0.39, 0.29) is 24.2 Å². The molecule has 0 bridgehead atoms. The predicted octanol–water partition coefficient (Wildman–Crippen LogP) is 4.69. The van der Waals surface area contributed by atoms with Gasteiger partial charge in [0.2, 0.25) is 5.91 Å². The molecule has 2 aromatic carbocycles. The minimum Gasteiger partial charge on any atom is -0.497 e. The normalized spacial score (nSPS) is 14.7. The summed E-state index contributed by atoms with van der Waals surface area (Å²) in [5.41, 5.74) is 2.00. The number of cyclic esters (lactones) is 1.